The summed E-state index contributed by atoms with van der Waals surface area (Å²) < 4.78 is 5.83. The first-order chi connectivity index (χ1) is 9.13. The Labute approximate surface area is 176 Å². The molecule has 1 amide bonds. The zero-order valence-electron chi connectivity index (χ0n) is 13.9. The minimum absolute atomic E-state index is 0. The van der Waals surface area contributed by atoms with Gasteiger partial charge in [0, 0.05) is 0 Å². The van der Waals surface area contributed by atoms with Crippen LogP contribution in [0.2, 0.25) is 0 Å². The van der Waals surface area contributed by atoms with E-state index in [0.29, 0.717) is 5.75 Å². The van der Waals surface area contributed by atoms with Crippen LogP contribution in [0.25, 0.3) is 0 Å². The van der Waals surface area contributed by atoms with E-state index in [-0.39, 0.29) is 51.7 Å². The molecule has 3 nitrogen and oxygen atoms in total. The third kappa shape index (κ3) is 8.92. The van der Waals surface area contributed by atoms with E-state index in [1.807, 2.05) is 12.1 Å². The van der Waals surface area contributed by atoms with Gasteiger partial charge in [-0.05, 0) is 56.2 Å². The molecule has 0 bridgehead atoms. The number of aryl methyl sites for hydroxylation is 1. The topological polar surface area (TPSA) is 29.5 Å². The quantitative estimate of drug-likeness (QED) is 0.372. The molecular weight excluding hydrogens is 416 g/mol. The van der Waals surface area contributed by atoms with Gasteiger partial charge in [-0.25, -0.2) is 4.79 Å². The molecule has 0 spiro atoms. The summed E-state index contributed by atoms with van der Waals surface area (Å²) in [5, 5.41) is 0. The summed E-state index contributed by atoms with van der Waals surface area (Å²) in [6, 6.07) is 7.57. The number of ether oxygens (including phenoxy) is 1. The van der Waals surface area contributed by atoms with E-state index in [1.54, 1.807) is 12.1 Å². The van der Waals surface area contributed by atoms with Crippen molar-refractivity contribution in [3.63, 3.8) is 0 Å². The van der Waals surface area contributed by atoms with Gasteiger partial charge < -0.3 is 7.59 Å². The van der Waals surface area contributed by atoms with Gasteiger partial charge in [0.1, 0.15) is 5.75 Å². The normalized spacial score (nSPS) is 9.75. The molecular formula is C14H23BaNO2S2. The van der Waals surface area contributed by atoms with Crippen LogP contribution in [-0.4, -0.2) is 58.7 Å². The van der Waals surface area contributed by atoms with Crippen molar-refractivity contribution >= 4 is 80.6 Å². The first-order valence-electron chi connectivity index (χ1n) is 6.62. The molecule has 0 heterocycles. The first-order valence-corrected chi connectivity index (χ1v) is 7.42. The van der Waals surface area contributed by atoms with Gasteiger partial charge in [-0.2, -0.15) is 3.71 Å². The average molecular weight is 439 g/mol. The van der Waals surface area contributed by atoms with E-state index in [1.165, 1.54) is 37.7 Å². The van der Waals surface area contributed by atoms with Gasteiger partial charge in [0.05, 0.1) is 0 Å². The molecule has 6 heteroatoms. The third-order valence-electron chi connectivity index (χ3n) is 2.86. The zero-order chi connectivity index (χ0) is 14.1. The van der Waals surface area contributed by atoms with Gasteiger partial charge in [-0.1, -0.05) is 44.7 Å². The maximum atomic E-state index is 11.2. The van der Waals surface area contributed by atoms with Crippen molar-refractivity contribution in [1.29, 1.82) is 0 Å². The van der Waals surface area contributed by atoms with E-state index >= 15 is 0 Å². The van der Waals surface area contributed by atoms with Crippen LogP contribution in [0.4, 0.5) is 4.79 Å². The molecule has 0 aliphatic rings. The Bertz CT molecular complexity index is 395. The van der Waals surface area contributed by atoms with Gasteiger partial charge in [0.15, 0.2) is 0 Å². The van der Waals surface area contributed by atoms with Crippen molar-refractivity contribution in [2.45, 2.75) is 45.4 Å². The van der Waals surface area contributed by atoms with Gasteiger partial charge in [-0.15, -0.1) is 0 Å². The number of hydrogen-bond donors (Lipinski definition) is 2. The second-order valence-corrected chi connectivity index (χ2v) is 5.58. The number of rotatable bonds is 7. The monoisotopic (exact) mass is 439 g/mol. The SMILES string of the molecule is CCCCCCCc1ccc(OC(=O)N(S)S)cc1.[Ba+2].[H-].[H-]. The molecule has 0 N–H and O–H groups in total. The fourth-order valence-corrected chi connectivity index (χ4v) is 1.88. The van der Waals surface area contributed by atoms with Gasteiger partial charge in [0.2, 0.25) is 0 Å². The molecule has 0 radical (unpaired) electrons. The summed E-state index contributed by atoms with van der Waals surface area (Å²) in [5.41, 5.74) is 1.27. The molecule has 0 fully saturated rings. The third-order valence-corrected chi connectivity index (χ3v) is 3.19. The number of nitrogens with zero attached hydrogens (tertiary/aromatic N) is 1. The minimum Gasteiger partial charge on any atom is -1.00 e. The van der Waals surface area contributed by atoms with Crippen molar-refractivity contribution in [3.05, 3.63) is 29.8 Å². The molecule has 0 aliphatic carbocycles. The Balaban J connectivity index is -0.00000120. The average Bonchev–Trinajstić information content (AvgIpc) is 2.40. The Hall–Kier alpha value is 0.761. The number of hydrogen-bond acceptors (Lipinski definition) is 4. The Kier molecular flexibility index (Phi) is 12.8. The van der Waals surface area contributed by atoms with Crippen LogP contribution in [0.3, 0.4) is 0 Å². The van der Waals surface area contributed by atoms with Crippen LogP contribution >= 0.6 is 25.6 Å². The van der Waals surface area contributed by atoms with E-state index < -0.39 is 6.09 Å². The first kappa shape index (κ1) is 20.8. The van der Waals surface area contributed by atoms with Gasteiger partial charge in [-0.3, -0.25) is 0 Å². The van der Waals surface area contributed by atoms with E-state index in [0.717, 1.165) is 10.1 Å². The molecule has 0 atom stereocenters. The molecule has 20 heavy (non-hydrogen) atoms. The van der Waals surface area contributed by atoms with E-state index in [4.69, 9.17) is 4.74 Å². The molecule has 0 aromatic heterocycles. The maximum Gasteiger partial charge on any atom is 2.00 e. The van der Waals surface area contributed by atoms with Crippen LogP contribution in [0.1, 0.15) is 47.4 Å². The van der Waals surface area contributed by atoms with Crippen molar-refractivity contribution in [2.75, 3.05) is 0 Å². The van der Waals surface area contributed by atoms with Gasteiger partial charge >= 0.3 is 55.0 Å². The number of amides is 1. The number of carbonyl (C=O) groups excluding carboxylic acids is 1. The van der Waals surface area contributed by atoms with Crippen LogP contribution in [-0.2, 0) is 6.42 Å². The number of unbranched alkanes of at least 4 members (excludes halogenated alkanes) is 4. The van der Waals surface area contributed by atoms with Crippen LogP contribution in [0.5, 0.6) is 5.75 Å². The summed E-state index contributed by atoms with van der Waals surface area (Å²) in [5.74, 6) is 0.507. The van der Waals surface area contributed by atoms with Crippen LogP contribution < -0.4 is 4.74 Å². The Morgan fingerprint density at radius 3 is 2.30 bits per heavy atom. The summed E-state index contributed by atoms with van der Waals surface area (Å²) in [7, 11) is 0. The van der Waals surface area contributed by atoms with Gasteiger partial charge in [0.25, 0.3) is 0 Å². The van der Waals surface area contributed by atoms with Crippen LogP contribution in [0.15, 0.2) is 24.3 Å². The Morgan fingerprint density at radius 1 is 1.15 bits per heavy atom. The predicted molar refractivity (Wildman–Crippen MR) is 92.7 cm³/mol. The Morgan fingerprint density at radius 2 is 1.75 bits per heavy atom. The van der Waals surface area contributed by atoms with E-state index in [2.05, 4.69) is 32.6 Å². The van der Waals surface area contributed by atoms with Crippen molar-refractivity contribution < 1.29 is 12.4 Å². The molecule has 1 aromatic carbocycles. The van der Waals surface area contributed by atoms with Crippen LogP contribution in [0, 0.1) is 0 Å². The fraction of sp³-hybridized carbons (Fsp3) is 0.500. The van der Waals surface area contributed by atoms with Crippen molar-refractivity contribution in [2.24, 2.45) is 0 Å². The molecule has 0 saturated heterocycles. The van der Waals surface area contributed by atoms with Crippen molar-refractivity contribution in [1.82, 2.24) is 3.71 Å². The summed E-state index contributed by atoms with van der Waals surface area (Å²) in [6.45, 7) is 2.22. The number of benzene rings is 1. The van der Waals surface area contributed by atoms with E-state index in [9.17, 15) is 4.79 Å². The standard InChI is InChI=1S/C14H21NO2S2.Ba.2H/c1-2-3-4-5-6-7-12-8-10-13(11-9-12)17-14(16)15(18)19;;;/h8-11,18-19H,2-7H2,1H3;;;/q;+2;2*-1. The second-order valence-electron chi connectivity index (χ2n) is 4.47. The molecule has 0 aliphatic heterocycles. The second kappa shape index (κ2) is 12.3. The molecule has 110 valence electrons. The largest absolute Gasteiger partial charge is 2.00 e. The number of carbonyl (C=O) groups is 1. The maximum absolute atomic E-state index is 11.2. The summed E-state index contributed by atoms with van der Waals surface area (Å²) in [6.07, 6.45) is 6.85. The predicted octanol–water partition coefficient (Wildman–Crippen LogP) is 4.53. The minimum atomic E-state index is -0.612. The fourth-order valence-electron chi connectivity index (χ4n) is 1.80. The summed E-state index contributed by atoms with van der Waals surface area (Å²) >= 11 is 7.48. The smallest absolute Gasteiger partial charge is 1.00 e. The molecule has 0 unspecified atom stereocenters. The molecule has 1 rings (SSSR count). The molecule has 1 aromatic rings. The number of thiol groups is 2. The summed E-state index contributed by atoms with van der Waals surface area (Å²) in [4.78, 5) is 11.2. The zero-order valence-corrected chi connectivity index (χ0v) is 18.1. The molecule has 0 saturated carbocycles. The van der Waals surface area contributed by atoms with Crippen molar-refractivity contribution in [3.8, 4) is 5.75 Å².